The number of rotatable bonds is 4. The molecule has 0 atom stereocenters. The molecule has 5 rings (SSSR count). The lowest BCUT2D eigenvalue weighted by Crippen LogP contribution is -2.29. The van der Waals surface area contributed by atoms with Gasteiger partial charge in [0.05, 0.1) is 5.16 Å². The molecule has 0 bridgehead atoms. The predicted octanol–water partition coefficient (Wildman–Crippen LogP) is 7.45. The van der Waals surface area contributed by atoms with Crippen LogP contribution in [0.25, 0.3) is 0 Å². The van der Waals surface area contributed by atoms with Gasteiger partial charge in [0, 0.05) is 0 Å². The molecular weight excluding hydrogens is 453 g/mol. The van der Waals surface area contributed by atoms with Crippen LogP contribution in [-0.2, 0) is 0 Å². The van der Waals surface area contributed by atoms with Gasteiger partial charge < -0.3 is 0 Å². The molecule has 1 fully saturated rings. The summed E-state index contributed by atoms with van der Waals surface area (Å²) in [4.78, 5) is 0. The van der Waals surface area contributed by atoms with Crippen LogP contribution in [0.15, 0.2) is 121 Å². The molecule has 0 aromatic heterocycles. The van der Waals surface area contributed by atoms with Crippen LogP contribution in [0, 0.1) is 0 Å². The predicted molar refractivity (Wildman–Crippen MR) is 155 cm³/mol. The monoisotopic (exact) mass is 486 g/mol. The van der Waals surface area contributed by atoms with Crippen molar-refractivity contribution in [1.29, 1.82) is 0 Å². The van der Waals surface area contributed by atoms with Crippen LogP contribution >= 0.6 is 21.2 Å². The lowest BCUT2D eigenvalue weighted by atomic mass is 10.3. The standard InChI is InChI=1S/C30H33P3/c1-30(2,3)31-32(26-16-8-4-9-17-26,27-18-10-5-11-19-27)24-25-33(31,28-20-12-6-13-21-28)29-22-14-7-15-23-29/h4-23H,24-25H2,1-3H3/q+2. The fourth-order valence-electron chi connectivity index (χ4n) is 5.71. The van der Waals surface area contributed by atoms with E-state index in [1.54, 1.807) is 21.2 Å². The minimum atomic E-state index is -1.62. The normalized spacial score (nSPS) is 17.7. The third-order valence-corrected chi connectivity index (χ3v) is 32.9. The highest BCUT2D eigenvalue weighted by Crippen LogP contribution is 3.08. The van der Waals surface area contributed by atoms with Gasteiger partial charge in [-0.1, -0.05) is 72.8 Å². The molecular formula is C30H33P3+2. The maximum atomic E-state index is 2.53. The zero-order valence-corrected chi connectivity index (χ0v) is 22.5. The van der Waals surface area contributed by atoms with Crippen LogP contribution in [0.3, 0.4) is 0 Å². The molecule has 4 aromatic carbocycles. The summed E-state index contributed by atoms with van der Waals surface area (Å²) in [6.45, 7) is 4.36. The molecule has 0 radical (unpaired) electrons. The van der Waals surface area contributed by atoms with Crippen LogP contribution in [0.1, 0.15) is 20.8 Å². The van der Waals surface area contributed by atoms with Crippen molar-refractivity contribution >= 4 is 42.4 Å². The van der Waals surface area contributed by atoms with E-state index in [1.165, 1.54) is 12.3 Å². The van der Waals surface area contributed by atoms with E-state index in [2.05, 4.69) is 142 Å². The van der Waals surface area contributed by atoms with Gasteiger partial charge in [0.1, 0.15) is 47.4 Å². The van der Waals surface area contributed by atoms with Crippen molar-refractivity contribution in [2.75, 3.05) is 12.3 Å². The van der Waals surface area contributed by atoms with Gasteiger partial charge in [0.15, 0.2) is 0 Å². The van der Waals surface area contributed by atoms with Gasteiger partial charge >= 0.3 is 0 Å². The summed E-state index contributed by atoms with van der Waals surface area (Å²) in [7, 11) is -0.364. The third kappa shape index (κ3) is 3.82. The third-order valence-electron chi connectivity index (χ3n) is 6.73. The first-order valence-corrected chi connectivity index (χ1v) is 18.5. The molecule has 1 aliphatic heterocycles. The van der Waals surface area contributed by atoms with Crippen molar-refractivity contribution in [3.8, 4) is 0 Å². The van der Waals surface area contributed by atoms with E-state index in [0.29, 0.717) is 0 Å². The second-order valence-corrected chi connectivity index (χ2v) is 25.2. The number of benzene rings is 4. The second kappa shape index (κ2) is 9.08. The van der Waals surface area contributed by atoms with Gasteiger partial charge in [0.2, 0.25) is 7.30 Å². The van der Waals surface area contributed by atoms with Crippen molar-refractivity contribution < 1.29 is 0 Å². The quantitative estimate of drug-likeness (QED) is 0.263. The highest BCUT2D eigenvalue weighted by molar-refractivity contribution is 8.77. The fourth-order valence-corrected chi connectivity index (χ4v) is 40.8. The number of hydrogen-bond acceptors (Lipinski definition) is 0. The Bertz CT molecular complexity index is 1010. The van der Waals surface area contributed by atoms with Gasteiger partial charge in [0.25, 0.3) is 0 Å². The van der Waals surface area contributed by atoms with Crippen LogP contribution in [0.4, 0.5) is 0 Å². The summed E-state index contributed by atoms with van der Waals surface area (Å²) >= 11 is 0. The topological polar surface area (TPSA) is 0 Å². The van der Waals surface area contributed by atoms with Gasteiger partial charge in [-0.2, -0.15) is 0 Å². The van der Waals surface area contributed by atoms with E-state index in [-0.39, 0.29) is 12.5 Å². The molecule has 1 heterocycles. The fraction of sp³-hybridized carbons (Fsp3) is 0.200. The van der Waals surface area contributed by atoms with E-state index in [4.69, 9.17) is 0 Å². The molecule has 0 saturated carbocycles. The molecule has 4 aromatic rings. The maximum Gasteiger partial charge on any atom is 0.235 e. The summed E-state index contributed by atoms with van der Waals surface area (Å²) in [5.74, 6) is 0. The molecule has 1 aliphatic rings. The second-order valence-electron chi connectivity index (χ2n) is 9.79. The highest BCUT2D eigenvalue weighted by atomic mass is 32.5. The zero-order valence-electron chi connectivity index (χ0n) is 19.8. The minimum absolute atomic E-state index is 0.227. The molecule has 0 unspecified atom stereocenters. The summed E-state index contributed by atoms with van der Waals surface area (Å²) in [5.41, 5.74) is 0. The van der Waals surface area contributed by atoms with Gasteiger partial charge in [-0.15, -0.1) is 0 Å². The summed E-state index contributed by atoms with van der Waals surface area (Å²) in [5, 5.41) is 6.64. The van der Waals surface area contributed by atoms with Crippen molar-refractivity contribution in [3.05, 3.63) is 121 Å². The zero-order chi connectivity index (χ0) is 22.9. The summed E-state index contributed by atoms with van der Waals surface area (Å²) in [6, 6.07) is 46.4. The lowest BCUT2D eigenvalue weighted by molar-refractivity contribution is 0.799. The average Bonchev–Trinajstić information content (AvgIpc) is 3.25. The molecule has 0 nitrogen and oxygen atoms in total. The lowest BCUT2D eigenvalue weighted by Gasteiger charge is -2.38. The van der Waals surface area contributed by atoms with Crippen molar-refractivity contribution in [1.82, 2.24) is 0 Å². The van der Waals surface area contributed by atoms with E-state index in [9.17, 15) is 0 Å². The van der Waals surface area contributed by atoms with E-state index < -0.39 is 13.9 Å². The molecule has 0 amide bonds. The average molecular weight is 487 g/mol. The Hall–Kier alpha value is -1.83. The first-order valence-electron chi connectivity index (χ1n) is 11.8. The molecule has 0 N–H and O–H groups in total. The van der Waals surface area contributed by atoms with Crippen LogP contribution in [-0.4, -0.2) is 17.5 Å². The van der Waals surface area contributed by atoms with Crippen LogP contribution in [0.2, 0.25) is 0 Å². The van der Waals surface area contributed by atoms with Crippen LogP contribution < -0.4 is 21.2 Å². The van der Waals surface area contributed by atoms with Crippen molar-refractivity contribution in [3.63, 3.8) is 0 Å². The van der Waals surface area contributed by atoms with Crippen molar-refractivity contribution in [2.45, 2.75) is 25.9 Å². The Kier molecular flexibility index (Phi) is 6.31. The Balaban J connectivity index is 1.89. The Labute approximate surface area is 201 Å². The Morgan fingerprint density at radius 2 is 0.697 bits per heavy atom. The maximum absolute atomic E-state index is 2.53. The van der Waals surface area contributed by atoms with Crippen molar-refractivity contribution in [2.24, 2.45) is 0 Å². The van der Waals surface area contributed by atoms with Gasteiger partial charge in [-0.3, -0.25) is 0 Å². The van der Waals surface area contributed by atoms with Gasteiger partial charge in [-0.05, 0) is 69.3 Å². The molecule has 33 heavy (non-hydrogen) atoms. The summed E-state index contributed by atoms with van der Waals surface area (Å²) < 4.78 is 0. The minimum Gasteiger partial charge on any atom is -0.0620 e. The molecule has 1 saturated heterocycles. The molecule has 0 aliphatic carbocycles. The summed E-state index contributed by atoms with van der Waals surface area (Å²) in [6.07, 6.45) is 2.61. The molecule has 0 spiro atoms. The Morgan fingerprint density at radius 3 is 0.909 bits per heavy atom. The smallest absolute Gasteiger partial charge is 0.0620 e. The molecule has 3 heteroatoms. The largest absolute Gasteiger partial charge is 0.235 e. The van der Waals surface area contributed by atoms with Crippen LogP contribution in [0.5, 0.6) is 0 Å². The van der Waals surface area contributed by atoms with E-state index >= 15 is 0 Å². The van der Waals surface area contributed by atoms with Gasteiger partial charge in [-0.25, -0.2) is 0 Å². The highest BCUT2D eigenvalue weighted by Gasteiger charge is 2.76. The van der Waals surface area contributed by atoms with E-state index in [0.717, 1.165) is 0 Å². The van der Waals surface area contributed by atoms with E-state index in [1.807, 2.05) is 0 Å². The SMILES string of the molecule is CC(C)(C)P1[P+](c2ccccc2)(c2ccccc2)CC[P+]1(c1ccccc1)c1ccccc1. The number of hydrogen-bond donors (Lipinski definition) is 0. The first-order chi connectivity index (χ1) is 16.0. The first kappa shape index (κ1) is 22.9. The molecule has 166 valence electrons. The Morgan fingerprint density at radius 1 is 0.455 bits per heavy atom.